The Balaban J connectivity index is 2.38. The minimum atomic E-state index is -0.885. The van der Waals surface area contributed by atoms with Gasteiger partial charge in [-0.2, -0.15) is 0 Å². The van der Waals surface area contributed by atoms with E-state index in [-0.39, 0.29) is 11.6 Å². The molecule has 1 aromatic heterocycles. The molecule has 1 saturated heterocycles. The molecule has 6 heteroatoms. The Labute approximate surface area is 126 Å². The first-order valence-electron chi connectivity index (χ1n) is 6.98. The van der Waals surface area contributed by atoms with Crippen molar-refractivity contribution in [3.05, 3.63) is 29.6 Å². The number of aromatic nitrogens is 2. The van der Waals surface area contributed by atoms with Gasteiger partial charge in [0.2, 0.25) is 0 Å². The van der Waals surface area contributed by atoms with Crippen LogP contribution in [0, 0.1) is 11.6 Å². The Morgan fingerprint density at radius 1 is 1.48 bits per heavy atom. The van der Waals surface area contributed by atoms with E-state index >= 15 is 0 Å². The lowest BCUT2D eigenvalue weighted by Crippen LogP contribution is -2.38. The molecule has 3 nitrogen and oxygen atoms in total. The second-order valence-corrected chi connectivity index (χ2v) is 6.43. The van der Waals surface area contributed by atoms with Crippen molar-refractivity contribution < 1.29 is 13.5 Å². The van der Waals surface area contributed by atoms with Gasteiger partial charge in [-0.1, -0.05) is 0 Å². The van der Waals surface area contributed by atoms with E-state index in [1.165, 1.54) is 6.07 Å². The molecule has 0 radical (unpaired) electrons. The van der Waals surface area contributed by atoms with Crippen LogP contribution in [0.4, 0.5) is 8.78 Å². The molecule has 1 aliphatic rings. The van der Waals surface area contributed by atoms with Crippen molar-refractivity contribution in [1.82, 2.24) is 9.55 Å². The van der Waals surface area contributed by atoms with E-state index in [0.29, 0.717) is 24.4 Å². The summed E-state index contributed by atoms with van der Waals surface area (Å²) in [5.41, 5.74) is 0.0797. The van der Waals surface area contributed by atoms with E-state index in [0.717, 1.165) is 6.07 Å². The Morgan fingerprint density at radius 3 is 2.76 bits per heavy atom. The normalized spacial score (nSPS) is 27.4. The summed E-state index contributed by atoms with van der Waals surface area (Å²) in [6.45, 7) is 6.25. The number of hydrogen-bond acceptors (Lipinski definition) is 2. The van der Waals surface area contributed by atoms with Gasteiger partial charge in [0.25, 0.3) is 0 Å². The third kappa shape index (κ3) is 2.06. The highest BCUT2D eigenvalue weighted by atomic mass is 35.5. The molecule has 2 aromatic rings. The van der Waals surface area contributed by atoms with Crippen LogP contribution in [0.3, 0.4) is 0 Å². The van der Waals surface area contributed by atoms with Crippen molar-refractivity contribution in [2.24, 2.45) is 0 Å². The zero-order valence-corrected chi connectivity index (χ0v) is 12.9. The fourth-order valence-corrected chi connectivity index (χ4v) is 3.17. The second-order valence-electron chi connectivity index (χ2n) is 5.77. The van der Waals surface area contributed by atoms with E-state index in [1.54, 1.807) is 11.5 Å². The zero-order chi connectivity index (χ0) is 15.4. The van der Waals surface area contributed by atoms with E-state index in [4.69, 9.17) is 16.3 Å². The third-order valence-electron chi connectivity index (χ3n) is 4.45. The summed E-state index contributed by atoms with van der Waals surface area (Å²) in [5, 5.41) is -0.413. The predicted molar refractivity (Wildman–Crippen MR) is 77.6 cm³/mol. The van der Waals surface area contributed by atoms with Crippen molar-refractivity contribution in [3.8, 4) is 0 Å². The van der Waals surface area contributed by atoms with Crippen LogP contribution in [0.2, 0.25) is 0 Å². The van der Waals surface area contributed by atoms with Gasteiger partial charge in [-0.3, -0.25) is 0 Å². The van der Waals surface area contributed by atoms with Gasteiger partial charge in [-0.05, 0) is 39.3 Å². The minimum absolute atomic E-state index is 0.133. The third-order valence-corrected chi connectivity index (χ3v) is 4.65. The molecule has 0 aliphatic carbocycles. The Kier molecular flexibility index (Phi) is 3.45. The van der Waals surface area contributed by atoms with E-state index in [1.807, 2.05) is 13.8 Å². The predicted octanol–water partition coefficient (Wildman–Crippen LogP) is 4.14. The molecular formula is C15H17ClF2N2O. The first kappa shape index (κ1) is 14.7. The minimum Gasteiger partial charge on any atom is -0.376 e. The van der Waals surface area contributed by atoms with Crippen LogP contribution >= 0.6 is 11.6 Å². The summed E-state index contributed by atoms with van der Waals surface area (Å²) in [6, 6.07) is 2.57. The molecule has 0 bridgehead atoms. The molecule has 114 valence electrons. The fraction of sp³-hybridized carbons (Fsp3) is 0.533. The van der Waals surface area contributed by atoms with E-state index in [2.05, 4.69) is 4.98 Å². The second kappa shape index (κ2) is 4.92. The Bertz CT molecular complexity index is 701. The molecule has 21 heavy (non-hydrogen) atoms. The molecular weight excluding hydrogens is 298 g/mol. The topological polar surface area (TPSA) is 27.1 Å². The fourth-order valence-electron chi connectivity index (χ4n) is 3.02. The number of hydrogen-bond donors (Lipinski definition) is 0. The maximum absolute atomic E-state index is 14.4. The summed E-state index contributed by atoms with van der Waals surface area (Å²) in [7, 11) is 0. The van der Waals surface area contributed by atoms with Gasteiger partial charge in [-0.15, -0.1) is 11.6 Å². The van der Waals surface area contributed by atoms with Crippen LogP contribution in [0.15, 0.2) is 12.1 Å². The van der Waals surface area contributed by atoms with Gasteiger partial charge >= 0.3 is 0 Å². The number of nitrogens with zero attached hydrogens (tertiary/aromatic N) is 2. The van der Waals surface area contributed by atoms with Crippen LogP contribution < -0.4 is 0 Å². The molecule has 3 atom stereocenters. The number of imidazole rings is 1. The lowest BCUT2D eigenvalue weighted by Gasteiger charge is -2.32. The van der Waals surface area contributed by atoms with Crippen LogP contribution in [0.25, 0.3) is 11.0 Å². The summed E-state index contributed by atoms with van der Waals surface area (Å²) in [5.74, 6) is -1.23. The summed E-state index contributed by atoms with van der Waals surface area (Å²) < 4.78 is 35.4. The van der Waals surface area contributed by atoms with Gasteiger partial charge in [0, 0.05) is 6.61 Å². The van der Waals surface area contributed by atoms with E-state index in [9.17, 15) is 8.78 Å². The molecule has 1 aliphatic heterocycles. The lowest BCUT2D eigenvalue weighted by molar-refractivity contribution is 0.0761. The summed E-state index contributed by atoms with van der Waals surface area (Å²) in [6.07, 6.45) is 0.568. The van der Waals surface area contributed by atoms with Crippen LogP contribution in [-0.2, 0) is 10.3 Å². The molecule has 0 N–H and O–H groups in total. The van der Waals surface area contributed by atoms with Crippen molar-refractivity contribution in [1.29, 1.82) is 0 Å². The molecule has 2 heterocycles. The molecule has 3 unspecified atom stereocenters. The number of halogens is 3. The average molecular weight is 315 g/mol. The molecule has 0 saturated carbocycles. The largest absolute Gasteiger partial charge is 0.376 e. The lowest BCUT2D eigenvalue weighted by atomic mass is 9.93. The highest BCUT2D eigenvalue weighted by Gasteiger charge is 2.42. The maximum atomic E-state index is 14.4. The van der Waals surface area contributed by atoms with Crippen LogP contribution in [0.5, 0.6) is 0 Å². The summed E-state index contributed by atoms with van der Waals surface area (Å²) >= 11 is 6.22. The highest BCUT2D eigenvalue weighted by Crippen LogP contribution is 2.40. The first-order valence-corrected chi connectivity index (χ1v) is 7.42. The number of benzene rings is 1. The van der Waals surface area contributed by atoms with Crippen LogP contribution in [-0.4, -0.2) is 22.3 Å². The maximum Gasteiger partial charge on any atom is 0.184 e. The Hall–Kier alpha value is -1.20. The molecule has 3 rings (SSSR count). The molecule has 0 amide bonds. The van der Waals surface area contributed by atoms with Gasteiger partial charge in [0.1, 0.15) is 11.3 Å². The number of rotatable bonds is 2. The smallest absolute Gasteiger partial charge is 0.184 e. The monoisotopic (exact) mass is 314 g/mol. The van der Waals surface area contributed by atoms with E-state index < -0.39 is 22.6 Å². The highest BCUT2D eigenvalue weighted by molar-refractivity contribution is 6.20. The standard InChI is InChI=1S/C15H17ClF2N2O/c1-8(16)14-19-11-5-4-10(17)12(18)13(11)20(14)15(3)6-7-21-9(15)2/h4-5,8-9H,6-7H2,1-3H3. The number of ether oxygens (including phenoxy) is 1. The van der Waals surface area contributed by atoms with Gasteiger partial charge in [-0.25, -0.2) is 13.8 Å². The average Bonchev–Trinajstić information content (AvgIpc) is 2.97. The SMILES string of the molecule is CC(Cl)c1nc2ccc(F)c(F)c2n1C1(C)CCOC1C. The van der Waals surface area contributed by atoms with Gasteiger partial charge in [0.15, 0.2) is 11.6 Å². The Morgan fingerprint density at radius 2 is 2.19 bits per heavy atom. The number of fused-ring (bicyclic) bond motifs is 1. The molecule has 1 fully saturated rings. The van der Waals surface area contributed by atoms with Gasteiger partial charge < -0.3 is 9.30 Å². The zero-order valence-electron chi connectivity index (χ0n) is 12.2. The van der Waals surface area contributed by atoms with Crippen molar-refractivity contribution in [3.63, 3.8) is 0 Å². The molecule has 1 aromatic carbocycles. The quantitative estimate of drug-likeness (QED) is 0.779. The van der Waals surface area contributed by atoms with Crippen LogP contribution in [0.1, 0.15) is 38.4 Å². The first-order chi connectivity index (χ1) is 9.86. The number of alkyl halides is 1. The molecule has 0 spiro atoms. The van der Waals surface area contributed by atoms with Gasteiger partial charge in [0.05, 0.1) is 22.5 Å². The summed E-state index contributed by atoms with van der Waals surface area (Å²) in [4.78, 5) is 4.41. The van der Waals surface area contributed by atoms with Crippen molar-refractivity contribution in [2.75, 3.05) is 6.61 Å². The van der Waals surface area contributed by atoms with Crippen molar-refractivity contribution in [2.45, 2.75) is 44.2 Å². The van der Waals surface area contributed by atoms with Crippen molar-refractivity contribution >= 4 is 22.6 Å².